The van der Waals surface area contributed by atoms with Crippen LogP contribution in [0.3, 0.4) is 0 Å². The molecule has 0 radical (unpaired) electrons. The summed E-state index contributed by atoms with van der Waals surface area (Å²) >= 11 is 2.10. The number of unbranched alkanes of at least 4 members (excludes halogenated alkanes) is 1. The smallest absolute Gasteiger partial charge is 0.343 e. The molecule has 164 valence electrons. The van der Waals surface area contributed by atoms with Crippen LogP contribution in [0.1, 0.15) is 46.0 Å². The van der Waals surface area contributed by atoms with Gasteiger partial charge in [0.25, 0.3) is 5.91 Å². The lowest BCUT2D eigenvalue weighted by molar-refractivity contribution is 0.0734. The van der Waals surface area contributed by atoms with E-state index >= 15 is 0 Å². The first-order chi connectivity index (χ1) is 15.6. The largest absolute Gasteiger partial charge is 0.494 e. The van der Waals surface area contributed by atoms with Crippen LogP contribution in [-0.4, -0.2) is 24.7 Å². The molecule has 0 aliphatic heterocycles. The molecule has 0 aliphatic rings. The summed E-state index contributed by atoms with van der Waals surface area (Å²) in [5.74, 6) is 0.417. The van der Waals surface area contributed by atoms with Crippen LogP contribution in [0.15, 0.2) is 77.9 Å². The van der Waals surface area contributed by atoms with Gasteiger partial charge in [0.2, 0.25) is 0 Å². The first-order valence-electron chi connectivity index (χ1n) is 10.2. The van der Waals surface area contributed by atoms with Crippen LogP contribution < -0.4 is 14.9 Å². The monoisotopic (exact) mass is 542 g/mol. The number of benzene rings is 3. The zero-order valence-electron chi connectivity index (χ0n) is 17.6. The van der Waals surface area contributed by atoms with Crippen LogP contribution >= 0.6 is 22.6 Å². The molecule has 0 fully saturated rings. The first kappa shape index (κ1) is 23.5. The maximum Gasteiger partial charge on any atom is 0.343 e. The van der Waals surface area contributed by atoms with E-state index in [9.17, 15) is 9.59 Å². The van der Waals surface area contributed by atoms with E-state index in [1.807, 2.05) is 12.1 Å². The van der Waals surface area contributed by atoms with Gasteiger partial charge in [-0.1, -0.05) is 25.5 Å². The lowest BCUT2D eigenvalue weighted by Crippen LogP contribution is -2.18. The Morgan fingerprint density at radius 2 is 1.66 bits per heavy atom. The highest BCUT2D eigenvalue weighted by atomic mass is 127. The normalized spacial score (nSPS) is 10.7. The van der Waals surface area contributed by atoms with E-state index in [2.05, 4.69) is 40.0 Å². The summed E-state index contributed by atoms with van der Waals surface area (Å²) in [5.41, 5.74) is 4.26. The molecule has 0 heterocycles. The van der Waals surface area contributed by atoms with Gasteiger partial charge in [-0.15, -0.1) is 0 Å². The molecule has 7 heteroatoms. The third-order valence-electron chi connectivity index (χ3n) is 4.45. The summed E-state index contributed by atoms with van der Waals surface area (Å²) in [6, 6.07) is 21.0. The number of ether oxygens (including phenoxy) is 2. The number of hydrazone groups is 1. The van der Waals surface area contributed by atoms with Crippen molar-refractivity contribution in [2.45, 2.75) is 19.8 Å². The Bertz CT molecular complexity index is 1080. The number of nitrogens with zero attached hydrogens (tertiary/aromatic N) is 1. The van der Waals surface area contributed by atoms with Gasteiger partial charge < -0.3 is 9.47 Å². The number of hydrogen-bond acceptors (Lipinski definition) is 5. The number of esters is 1. The van der Waals surface area contributed by atoms with Crippen molar-refractivity contribution in [3.8, 4) is 11.5 Å². The average molecular weight is 542 g/mol. The molecule has 0 bridgehead atoms. The van der Waals surface area contributed by atoms with Crippen LogP contribution in [-0.2, 0) is 0 Å². The van der Waals surface area contributed by atoms with Crippen LogP contribution in [0.25, 0.3) is 0 Å². The Hall–Kier alpha value is -3.20. The van der Waals surface area contributed by atoms with E-state index in [-0.39, 0.29) is 5.91 Å². The first-order valence-corrected chi connectivity index (χ1v) is 11.3. The Kier molecular flexibility index (Phi) is 8.79. The van der Waals surface area contributed by atoms with E-state index < -0.39 is 5.97 Å². The van der Waals surface area contributed by atoms with Crippen molar-refractivity contribution < 1.29 is 19.1 Å². The van der Waals surface area contributed by atoms with Crippen LogP contribution in [0, 0.1) is 3.57 Å². The summed E-state index contributed by atoms with van der Waals surface area (Å²) < 4.78 is 11.9. The summed E-state index contributed by atoms with van der Waals surface area (Å²) in [6.45, 7) is 2.76. The number of halogens is 1. The van der Waals surface area contributed by atoms with Gasteiger partial charge in [-0.25, -0.2) is 10.2 Å². The molecule has 3 aromatic carbocycles. The lowest BCUT2D eigenvalue weighted by atomic mass is 10.2. The predicted molar refractivity (Wildman–Crippen MR) is 132 cm³/mol. The van der Waals surface area contributed by atoms with E-state index in [1.165, 1.54) is 6.21 Å². The Labute approximate surface area is 200 Å². The van der Waals surface area contributed by atoms with E-state index in [4.69, 9.17) is 9.47 Å². The van der Waals surface area contributed by atoms with Gasteiger partial charge in [0.1, 0.15) is 11.5 Å². The minimum absolute atomic E-state index is 0.279. The zero-order valence-corrected chi connectivity index (χ0v) is 19.7. The molecule has 3 aromatic rings. The minimum Gasteiger partial charge on any atom is -0.494 e. The second kappa shape index (κ2) is 12.0. The van der Waals surface area contributed by atoms with Crippen LogP contribution in [0.5, 0.6) is 11.5 Å². The van der Waals surface area contributed by atoms with Crippen LogP contribution in [0.4, 0.5) is 0 Å². The van der Waals surface area contributed by atoms with Gasteiger partial charge in [0, 0.05) is 3.57 Å². The number of hydrogen-bond donors (Lipinski definition) is 1. The van der Waals surface area contributed by atoms with Crippen LogP contribution in [0.2, 0.25) is 0 Å². The van der Waals surface area contributed by atoms with Crippen molar-refractivity contribution in [2.75, 3.05) is 6.61 Å². The average Bonchev–Trinajstić information content (AvgIpc) is 2.81. The molecule has 0 atom stereocenters. The van der Waals surface area contributed by atoms with Crippen molar-refractivity contribution in [1.29, 1.82) is 0 Å². The number of amides is 1. The molecule has 0 saturated carbocycles. The molecule has 1 N–H and O–H groups in total. The molecule has 32 heavy (non-hydrogen) atoms. The second-order valence-electron chi connectivity index (χ2n) is 6.86. The Balaban J connectivity index is 1.52. The summed E-state index contributed by atoms with van der Waals surface area (Å²) in [7, 11) is 0. The topological polar surface area (TPSA) is 77.0 Å². The molecule has 0 spiro atoms. The maximum atomic E-state index is 12.3. The molecule has 1 amide bonds. The molecule has 0 aromatic heterocycles. The summed E-state index contributed by atoms with van der Waals surface area (Å²) in [6.07, 6.45) is 3.58. The highest BCUT2D eigenvalue weighted by Gasteiger charge is 2.09. The highest BCUT2D eigenvalue weighted by Crippen LogP contribution is 2.17. The summed E-state index contributed by atoms with van der Waals surface area (Å²) in [4.78, 5) is 24.5. The van der Waals surface area contributed by atoms with Crippen molar-refractivity contribution in [2.24, 2.45) is 5.10 Å². The fraction of sp³-hybridized carbons (Fsp3) is 0.160. The van der Waals surface area contributed by atoms with Gasteiger partial charge >= 0.3 is 5.97 Å². The standard InChI is InChI=1S/C25H23IN2O4/c1-2-3-16-31-20-14-10-19(11-15-20)25(30)32-21-12-8-18(9-13-21)17-27-28-24(29)22-6-4-5-7-23(22)26/h4-15,17H,2-3,16H2,1H3,(H,28,29). The quantitative estimate of drug-likeness (QED) is 0.0975. The number of rotatable bonds is 9. The zero-order chi connectivity index (χ0) is 22.8. The van der Waals surface area contributed by atoms with Crippen molar-refractivity contribution in [3.63, 3.8) is 0 Å². The van der Waals surface area contributed by atoms with E-state index in [0.717, 1.165) is 27.7 Å². The van der Waals surface area contributed by atoms with Gasteiger partial charge in [0.15, 0.2) is 0 Å². The maximum absolute atomic E-state index is 12.3. The SMILES string of the molecule is CCCCOc1ccc(C(=O)Oc2ccc(C=NNC(=O)c3ccccc3I)cc2)cc1. The fourth-order valence-corrected chi connectivity index (χ4v) is 3.31. The molecular weight excluding hydrogens is 519 g/mol. The fourth-order valence-electron chi connectivity index (χ4n) is 2.68. The number of nitrogens with one attached hydrogen (secondary N) is 1. The van der Waals surface area contributed by atoms with E-state index in [0.29, 0.717) is 23.5 Å². The Morgan fingerprint density at radius 3 is 2.34 bits per heavy atom. The molecule has 0 unspecified atom stereocenters. The van der Waals surface area contributed by atoms with Gasteiger partial charge in [-0.2, -0.15) is 5.10 Å². The summed E-state index contributed by atoms with van der Waals surface area (Å²) in [5, 5.41) is 3.98. The molecule has 0 aliphatic carbocycles. The van der Waals surface area contributed by atoms with E-state index in [1.54, 1.807) is 60.7 Å². The van der Waals surface area contributed by atoms with Gasteiger partial charge in [-0.3, -0.25) is 4.79 Å². The number of carbonyl (C=O) groups is 2. The van der Waals surface area contributed by atoms with Crippen molar-refractivity contribution in [1.82, 2.24) is 5.43 Å². The highest BCUT2D eigenvalue weighted by molar-refractivity contribution is 14.1. The second-order valence-corrected chi connectivity index (χ2v) is 8.03. The van der Waals surface area contributed by atoms with Crippen molar-refractivity contribution >= 4 is 40.7 Å². The molecule has 0 saturated heterocycles. The molecular formula is C25H23IN2O4. The molecule has 3 rings (SSSR count). The Morgan fingerprint density at radius 1 is 0.969 bits per heavy atom. The van der Waals surface area contributed by atoms with Crippen molar-refractivity contribution in [3.05, 3.63) is 93.1 Å². The lowest BCUT2D eigenvalue weighted by Gasteiger charge is -2.07. The molecule has 6 nitrogen and oxygen atoms in total. The third kappa shape index (κ3) is 6.91. The minimum atomic E-state index is -0.448. The predicted octanol–water partition coefficient (Wildman–Crippen LogP) is 5.45. The third-order valence-corrected chi connectivity index (χ3v) is 5.39. The number of carbonyl (C=O) groups excluding carboxylic acids is 2. The van der Waals surface area contributed by atoms with Gasteiger partial charge in [-0.05, 0) is 95.2 Å². The van der Waals surface area contributed by atoms with Gasteiger partial charge in [0.05, 0.1) is 23.9 Å².